The number of carbonyl (C=O) groups is 2. The van der Waals surface area contributed by atoms with Gasteiger partial charge in [0.1, 0.15) is 18.9 Å². The maximum absolute atomic E-state index is 12.8. The maximum Gasteiger partial charge on any atom is 0.325 e. The molecule has 6 nitrogen and oxygen atoms in total. The first-order valence-electron chi connectivity index (χ1n) is 9.85. The van der Waals surface area contributed by atoms with E-state index in [1.165, 1.54) is 6.20 Å². The Labute approximate surface area is 186 Å². The van der Waals surface area contributed by atoms with Crippen LogP contribution in [0.5, 0.6) is 5.75 Å². The lowest BCUT2D eigenvalue weighted by Crippen LogP contribution is -2.31. The number of benzene rings is 2. The lowest BCUT2D eigenvalue weighted by atomic mass is 10.0. The molecule has 0 saturated heterocycles. The lowest BCUT2D eigenvalue weighted by molar-refractivity contribution is -0.141. The van der Waals surface area contributed by atoms with E-state index in [-0.39, 0.29) is 25.3 Å². The predicted octanol–water partition coefficient (Wildman–Crippen LogP) is 4.58. The quantitative estimate of drug-likeness (QED) is 0.521. The average molecular weight is 439 g/mol. The molecule has 0 unspecified atom stereocenters. The van der Waals surface area contributed by atoms with Crippen LogP contribution in [0.2, 0.25) is 5.02 Å². The molecule has 160 valence electrons. The fourth-order valence-corrected chi connectivity index (χ4v) is 3.25. The fraction of sp³-hybridized carbons (Fsp3) is 0.208. The molecule has 0 aliphatic carbocycles. The van der Waals surface area contributed by atoms with E-state index >= 15 is 0 Å². The van der Waals surface area contributed by atoms with Crippen molar-refractivity contribution in [3.63, 3.8) is 0 Å². The summed E-state index contributed by atoms with van der Waals surface area (Å²) < 4.78 is 10.9. The molecule has 0 saturated carbocycles. The lowest BCUT2D eigenvalue weighted by Gasteiger charge is -2.17. The molecule has 0 aliphatic heterocycles. The molecule has 0 bridgehead atoms. The van der Waals surface area contributed by atoms with Crippen molar-refractivity contribution in [3.05, 3.63) is 82.5 Å². The molecule has 1 N–H and O–H groups in total. The largest absolute Gasteiger partial charge is 0.488 e. The van der Waals surface area contributed by atoms with E-state index in [0.29, 0.717) is 22.0 Å². The number of aromatic nitrogens is 1. The number of pyridine rings is 1. The van der Waals surface area contributed by atoms with Gasteiger partial charge in [-0.1, -0.05) is 54.1 Å². The van der Waals surface area contributed by atoms with Gasteiger partial charge in [0.15, 0.2) is 0 Å². The molecule has 0 radical (unpaired) electrons. The summed E-state index contributed by atoms with van der Waals surface area (Å²) in [5, 5.41) is 3.15. The zero-order valence-electron chi connectivity index (χ0n) is 17.4. The van der Waals surface area contributed by atoms with Gasteiger partial charge in [0.2, 0.25) is 0 Å². The number of halogens is 1. The third-order valence-corrected chi connectivity index (χ3v) is 4.77. The van der Waals surface area contributed by atoms with Crippen LogP contribution in [-0.4, -0.2) is 30.0 Å². The van der Waals surface area contributed by atoms with Gasteiger partial charge in [0.05, 0.1) is 17.9 Å². The number of carbonyl (C=O) groups excluding carboxylic acids is 2. The third kappa shape index (κ3) is 5.83. The first-order valence-corrected chi connectivity index (χ1v) is 10.2. The molecular formula is C24H23ClN2O4. The van der Waals surface area contributed by atoms with E-state index in [9.17, 15) is 9.59 Å². The van der Waals surface area contributed by atoms with Gasteiger partial charge >= 0.3 is 5.97 Å². The Morgan fingerprint density at radius 2 is 1.87 bits per heavy atom. The zero-order chi connectivity index (χ0) is 22.2. The van der Waals surface area contributed by atoms with E-state index in [1.807, 2.05) is 49.4 Å². The van der Waals surface area contributed by atoms with Crippen molar-refractivity contribution in [2.75, 3.05) is 13.2 Å². The van der Waals surface area contributed by atoms with E-state index in [4.69, 9.17) is 21.1 Å². The second-order valence-electron chi connectivity index (χ2n) is 6.75. The number of ether oxygens (including phenoxy) is 2. The number of rotatable bonds is 8. The summed E-state index contributed by atoms with van der Waals surface area (Å²) in [6, 6.07) is 17.0. The van der Waals surface area contributed by atoms with Crippen LogP contribution in [-0.2, 0) is 16.1 Å². The first kappa shape index (κ1) is 22.3. The topological polar surface area (TPSA) is 77.5 Å². The maximum atomic E-state index is 12.8. The van der Waals surface area contributed by atoms with Gasteiger partial charge < -0.3 is 14.8 Å². The monoisotopic (exact) mass is 438 g/mol. The van der Waals surface area contributed by atoms with Crippen molar-refractivity contribution in [2.24, 2.45) is 0 Å². The zero-order valence-corrected chi connectivity index (χ0v) is 18.1. The van der Waals surface area contributed by atoms with Crippen LogP contribution in [0, 0.1) is 6.92 Å². The van der Waals surface area contributed by atoms with Gasteiger partial charge in [-0.15, -0.1) is 0 Å². The van der Waals surface area contributed by atoms with Gasteiger partial charge in [-0.05, 0) is 31.5 Å². The summed E-state index contributed by atoms with van der Waals surface area (Å²) in [5.74, 6) is -0.581. The molecule has 3 rings (SSSR count). The Morgan fingerprint density at radius 3 is 2.58 bits per heavy atom. The molecule has 0 atom stereocenters. The molecular weight excluding hydrogens is 416 g/mol. The van der Waals surface area contributed by atoms with Gasteiger partial charge in [0, 0.05) is 22.3 Å². The second kappa shape index (κ2) is 10.6. The van der Waals surface area contributed by atoms with Crippen molar-refractivity contribution >= 4 is 23.5 Å². The minimum Gasteiger partial charge on any atom is -0.488 e. The summed E-state index contributed by atoms with van der Waals surface area (Å²) in [6.45, 7) is 3.83. The Bertz CT molecular complexity index is 1070. The molecule has 1 aromatic heterocycles. The molecule has 3 aromatic rings. The molecule has 31 heavy (non-hydrogen) atoms. The van der Waals surface area contributed by atoms with Gasteiger partial charge in [-0.2, -0.15) is 0 Å². The fourth-order valence-electron chi connectivity index (χ4n) is 3.06. The highest BCUT2D eigenvalue weighted by atomic mass is 35.5. The Balaban J connectivity index is 1.94. The van der Waals surface area contributed by atoms with Crippen molar-refractivity contribution in [3.8, 4) is 17.0 Å². The standard InChI is InChI=1S/C24H23ClN2O4/c1-3-30-21(28)14-27-24(29)20-13-26-22(18-10-7-11-19(25)12-18)16(2)23(20)31-15-17-8-5-4-6-9-17/h4-13H,3,14-15H2,1-2H3,(H,27,29). The number of hydrogen-bond donors (Lipinski definition) is 1. The molecule has 1 amide bonds. The summed E-state index contributed by atoms with van der Waals surface area (Å²) in [5.41, 5.74) is 3.37. The van der Waals surface area contributed by atoms with Crippen LogP contribution in [0.1, 0.15) is 28.4 Å². The van der Waals surface area contributed by atoms with Gasteiger partial charge in [-0.3, -0.25) is 14.6 Å². The van der Waals surface area contributed by atoms with Crippen molar-refractivity contribution in [1.29, 1.82) is 0 Å². The Hall–Kier alpha value is -3.38. The van der Waals surface area contributed by atoms with Crippen LogP contribution in [0.25, 0.3) is 11.3 Å². The summed E-state index contributed by atoms with van der Waals surface area (Å²) >= 11 is 6.14. The number of hydrogen-bond acceptors (Lipinski definition) is 5. The van der Waals surface area contributed by atoms with E-state index in [2.05, 4.69) is 10.3 Å². The predicted molar refractivity (Wildman–Crippen MR) is 119 cm³/mol. The molecule has 2 aromatic carbocycles. The Morgan fingerprint density at radius 1 is 1.10 bits per heavy atom. The van der Waals surface area contributed by atoms with Crippen LogP contribution < -0.4 is 10.1 Å². The third-order valence-electron chi connectivity index (χ3n) is 4.53. The van der Waals surface area contributed by atoms with Crippen molar-refractivity contribution < 1.29 is 19.1 Å². The van der Waals surface area contributed by atoms with E-state index in [0.717, 1.165) is 11.1 Å². The van der Waals surface area contributed by atoms with Gasteiger partial charge in [0.25, 0.3) is 5.91 Å². The van der Waals surface area contributed by atoms with Crippen LogP contribution in [0.4, 0.5) is 0 Å². The SMILES string of the molecule is CCOC(=O)CNC(=O)c1cnc(-c2cccc(Cl)c2)c(C)c1OCc1ccccc1. The average Bonchev–Trinajstić information content (AvgIpc) is 2.77. The number of esters is 1. The summed E-state index contributed by atoms with van der Waals surface area (Å²) in [6.07, 6.45) is 1.45. The molecule has 0 spiro atoms. The smallest absolute Gasteiger partial charge is 0.325 e. The van der Waals surface area contributed by atoms with E-state index in [1.54, 1.807) is 19.1 Å². The summed E-state index contributed by atoms with van der Waals surface area (Å²) in [7, 11) is 0. The number of nitrogens with one attached hydrogen (secondary N) is 1. The normalized spacial score (nSPS) is 10.4. The first-order chi connectivity index (χ1) is 15.0. The van der Waals surface area contributed by atoms with Crippen molar-refractivity contribution in [2.45, 2.75) is 20.5 Å². The number of amides is 1. The van der Waals surface area contributed by atoms with Crippen LogP contribution in [0.3, 0.4) is 0 Å². The molecule has 0 aliphatic rings. The van der Waals surface area contributed by atoms with Crippen LogP contribution in [0.15, 0.2) is 60.8 Å². The van der Waals surface area contributed by atoms with Crippen LogP contribution >= 0.6 is 11.6 Å². The molecule has 1 heterocycles. The van der Waals surface area contributed by atoms with Crippen molar-refractivity contribution in [1.82, 2.24) is 10.3 Å². The van der Waals surface area contributed by atoms with E-state index < -0.39 is 11.9 Å². The molecule has 0 fully saturated rings. The minimum absolute atomic E-state index is 0.236. The summed E-state index contributed by atoms with van der Waals surface area (Å²) in [4.78, 5) is 28.9. The number of nitrogens with zero attached hydrogens (tertiary/aromatic N) is 1. The molecule has 7 heteroatoms. The highest BCUT2D eigenvalue weighted by molar-refractivity contribution is 6.30. The van der Waals surface area contributed by atoms with Gasteiger partial charge in [-0.25, -0.2) is 0 Å². The Kier molecular flexibility index (Phi) is 7.62. The minimum atomic E-state index is -0.511. The highest BCUT2D eigenvalue weighted by Crippen LogP contribution is 2.32. The second-order valence-corrected chi connectivity index (χ2v) is 7.18. The highest BCUT2D eigenvalue weighted by Gasteiger charge is 2.20.